The van der Waals surface area contributed by atoms with Crippen molar-refractivity contribution in [2.75, 3.05) is 13.2 Å². The van der Waals surface area contributed by atoms with Gasteiger partial charge in [0.1, 0.15) is 5.82 Å². The third-order valence-electron chi connectivity index (χ3n) is 2.00. The maximum absolute atomic E-state index is 13.0. The van der Waals surface area contributed by atoms with Crippen LogP contribution < -0.4 is 5.73 Å². The highest BCUT2D eigenvalue weighted by molar-refractivity contribution is 5.41. The van der Waals surface area contributed by atoms with E-state index >= 15 is 0 Å². The molecule has 0 aliphatic rings. The monoisotopic (exact) mass is 221 g/mol. The summed E-state index contributed by atoms with van der Waals surface area (Å²) in [6.45, 7) is 3.47. The summed E-state index contributed by atoms with van der Waals surface area (Å²) in [7, 11) is 0. The van der Waals surface area contributed by atoms with Crippen molar-refractivity contribution >= 4 is 0 Å². The molecule has 0 aromatic heterocycles. The lowest BCUT2D eigenvalue weighted by molar-refractivity contribution is 0.121. The molecule has 1 aromatic rings. The Labute approximate surface area is 95.6 Å². The van der Waals surface area contributed by atoms with Crippen molar-refractivity contribution in [2.45, 2.75) is 20.0 Å². The maximum atomic E-state index is 13.0. The van der Waals surface area contributed by atoms with Crippen LogP contribution in [0.1, 0.15) is 24.5 Å². The van der Waals surface area contributed by atoms with Gasteiger partial charge in [-0.05, 0) is 24.1 Å². The van der Waals surface area contributed by atoms with Crippen LogP contribution >= 0.6 is 0 Å². The lowest BCUT2D eigenvalue weighted by Crippen LogP contribution is -1.98. The Hall–Kier alpha value is -1.37. The maximum Gasteiger partial charge on any atom is 0.124 e. The van der Waals surface area contributed by atoms with Crippen LogP contribution in [0, 0.1) is 17.7 Å². The van der Waals surface area contributed by atoms with Gasteiger partial charge in [-0.3, -0.25) is 0 Å². The van der Waals surface area contributed by atoms with Gasteiger partial charge < -0.3 is 10.5 Å². The number of rotatable bonds is 4. The standard InChI is InChI=1S/C13H16FNO/c1-2-8-16-10-12-5-6-13(14)9-11(12)4-3-7-15/h5-6,9H,2,7-8,10,15H2,1H3. The van der Waals surface area contributed by atoms with Crippen molar-refractivity contribution in [1.82, 2.24) is 0 Å². The third-order valence-corrected chi connectivity index (χ3v) is 2.00. The van der Waals surface area contributed by atoms with Gasteiger partial charge in [-0.2, -0.15) is 0 Å². The summed E-state index contributed by atoms with van der Waals surface area (Å²) >= 11 is 0. The SMILES string of the molecule is CCCOCc1ccc(F)cc1C#CCN. The van der Waals surface area contributed by atoms with E-state index < -0.39 is 0 Å². The Bertz CT molecular complexity index is 393. The van der Waals surface area contributed by atoms with E-state index in [1.54, 1.807) is 6.07 Å². The van der Waals surface area contributed by atoms with Crippen molar-refractivity contribution in [3.05, 3.63) is 35.1 Å². The average molecular weight is 221 g/mol. The third kappa shape index (κ3) is 4.01. The van der Waals surface area contributed by atoms with Crippen LogP contribution in [0.3, 0.4) is 0 Å². The molecule has 0 radical (unpaired) electrons. The van der Waals surface area contributed by atoms with Crippen molar-refractivity contribution in [2.24, 2.45) is 5.73 Å². The summed E-state index contributed by atoms with van der Waals surface area (Å²) in [5, 5.41) is 0. The van der Waals surface area contributed by atoms with Crippen LogP contribution in [0.25, 0.3) is 0 Å². The summed E-state index contributed by atoms with van der Waals surface area (Å²) in [5.41, 5.74) is 6.84. The molecule has 0 aliphatic heterocycles. The molecule has 0 saturated heterocycles. The number of benzene rings is 1. The predicted molar refractivity (Wildman–Crippen MR) is 62.3 cm³/mol. The highest BCUT2D eigenvalue weighted by atomic mass is 19.1. The summed E-state index contributed by atoms with van der Waals surface area (Å²) in [5.74, 6) is 5.27. The van der Waals surface area contributed by atoms with Gasteiger partial charge in [0.15, 0.2) is 0 Å². The fourth-order valence-electron chi connectivity index (χ4n) is 1.26. The second-order valence-corrected chi connectivity index (χ2v) is 3.36. The van der Waals surface area contributed by atoms with Crippen LogP contribution in [0.2, 0.25) is 0 Å². The van der Waals surface area contributed by atoms with Crippen LogP contribution in [-0.2, 0) is 11.3 Å². The number of hydrogen-bond acceptors (Lipinski definition) is 2. The molecule has 3 heteroatoms. The second kappa shape index (κ2) is 7.00. The second-order valence-electron chi connectivity index (χ2n) is 3.36. The summed E-state index contributed by atoms with van der Waals surface area (Å²) in [6, 6.07) is 4.52. The Morgan fingerprint density at radius 3 is 2.94 bits per heavy atom. The summed E-state index contributed by atoms with van der Waals surface area (Å²) in [6.07, 6.45) is 0.963. The lowest BCUT2D eigenvalue weighted by atomic mass is 10.1. The molecule has 0 spiro atoms. The smallest absolute Gasteiger partial charge is 0.124 e. The quantitative estimate of drug-likeness (QED) is 0.624. The fraction of sp³-hybridized carbons (Fsp3) is 0.385. The Balaban J connectivity index is 2.80. The molecule has 2 N–H and O–H groups in total. The van der Waals surface area contributed by atoms with Crippen molar-refractivity contribution < 1.29 is 9.13 Å². The number of halogens is 1. The molecule has 1 rings (SSSR count). The topological polar surface area (TPSA) is 35.2 Å². The van der Waals surface area contributed by atoms with Gasteiger partial charge in [0, 0.05) is 12.2 Å². The molecule has 0 fully saturated rings. The van der Waals surface area contributed by atoms with Gasteiger partial charge in [0.2, 0.25) is 0 Å². The minimum absolute atomic E-state index is 0.270. The molecular weight excluding hydrogens is 205 g/mol. The highest BCUT2D eigenvalue weighted by Gasteiger charge is 2.02. The molecule has 0 aliphatic carbocycles. The molecule has 0 atom stereocenters. The molecule has 1 aromatic carbocycles. The molecule has 0 bridgehead atoms. The average Bonchev–Trinajstić information content (AvgIpc) is 2.29. The Morgan fingerprint density at radius 1 is 1.44 bits per heavy atom. The van der Waals surface area contributed by atoms with Gasteiger partial charge in [0.25, 0.3) is 0 Å². The van der Waals surface area contributed by atoms with Gasteiger partial charge in [-0.1, -0.05) is 24.8 Å². The number of nitrogens with two attached hydrogens (primary N) is 1. The lowest BCUT2D eigenvalue weighted by Gasteiger charge is -2.05. The predicted octanol–water partition coefficient (Wildman–Crippen LogP) is 2.06. The molecule has 0 saturated carbocycles. The van der Waals surface area contributed by atoms with E-state index in [1.165, 1.54) is 12.1 Å². The normalized spacial score (nSPS) is 9.69. The van der Waals surface area contributed by atoms with Crippen molar-refractivity contribution in [3.8, 4) is 11.8 Å². The fourth-order valence-corrected chi connectivity index (χ4v) is 1.26. The van der Waals surface area contributed by atoms with Crippen molar-refractivity contribution in [1.29, 1.82) is 0 Å². The van der Waals surface area contributed by atoms with E-state index in [0.29, 0.717) is 18.8 Å². The Morgan fingerprint density at radius 2 is 2.25 bits per heavy atom. The van der Waals surface area contributed by atoms with E-state index in [9.17, 15) is 4.39 Å². The van der Waals surface area contributed by atoms with Crippen LogP contribution in [0.5, 0.6) is 0 Å². The molecule has 2 nitrogen and oxygen atoms in total. The van der Waals surface area contributed by atoms with Gasteiger partial charge in [-0.15, -0.1) is 0 Å². The first kappa shape index (κ1) is 12.7. The molecule has 0 unspecified atom stereocenters. The number of ether oxygens (including phenoxy) is 1. The number of hydrogen-bond donors (Lipinski definition) is 1. The first-order valence-corrected chi connectivity index (χ1v) is 5.33. The molecular formula is C13H16FNO. The van der Waals surface area contributed by atoms with Crippen LogP contribution in [0.4, 0.5) is 4.39 Å². The Kier molecular flexibility index (Phi) is 5.55. The largest absolute Gasteiger partial charge is 0.377 e. The van der Waals surface area contributed by atoms with E-state index in [0.717, 1.165) is 12.0 Å². The van der Waals surface area contributed by atoms with E-state index in [4.69, 9.17) is 10.5 Å². The molecule has 0 amide bonds. The molecule has 86 valence electrons. The van der Waals surface area contributed by atoms with E-state index in [-0.39, 0.29) is 12.4 Å². The van der Waals surface area contributed by atoms with Crippen LogP contribution in [-0.4, -0.2) is 13.2 Å². The first-order valence-electron chi connectivity index (χ1n) is 5.33. The zero-order chi connectivity index (χ0) is 11.8. The zero-order valence-corrected chi connectivity index (χ0v) is 9.42. The summed E-state index contributed by atoms with van der Waals surface area (Å²) in [4.78, 5) is 0. The zero-order valence-electron chi connectivity index (χ0n) is 9.42. The molecule has 0 heterocycles. The van der Waals surface area contributed by atoms with Gasteiger partial charge in [-0.25, -0.2) is 4.39 Å². The van der Waals surface area contributed by atoms with Gasteiger partial charge in [0.05, 0.1) is 13.2 Å². The first-order chi connectivity index (χ1) is 7.77. The van der Waals surface area contributed by atoms with E-state index in [1.807, 2.05) is 6.92 Å². The van der Waals surface area contributed by atoms with E-state index in [2.05, 4.69) is 11.8 Å². The minimum Gasteiger partial charge on any atom is -0.377 e. The highest BCUT2D eigenvalue weighted by Crippen LogP contribution is 2.11. The minimum atomic E-state index is -0.291. The molecule has 16 heavy (non-hydrogen) atoms. The van der Waals surface area contributed by atoms with Crippen molar-refractivity contribution in [3.63, 3.8) is 0 Å². The summed E-state index contributed by atoms with van der Waals surface area (Å²) < 4.78 is 18.4. The van der Waals surface area contributed by atoms with Gasteiger partial charge >= 0.3 is 0 Å². The van der Waals surface area contributed by atoms with Crippen LogP contribution in [0.15, 0.2) is 18.2 Å².